The standard InChI is InChI=1S/C19H21NO/c20-19(16-7-6-13-3-1-4-14(13)11-16)17-8-9-18-15(12-17)5-2-10-21-18/h6-9,11-12,19H,1-5,10,20H2. The average Bonchev–Trinajstić information content (AvgIpc) is 3.01. The number of fused-ring (bicyclic) bond motifs is 2. The Balaban J connectivity index is 1.66. The van der Waals surface area contributed by atoms with Crippen LogP contribution in [0.3, 0.4) is 0 Å². The molecule has 108 valence electrons. The molecule has 0 bridgehead atoms. The van der Waals surface area contributed by atoms with Crippen molar-refractivity contribution in [2.75, 3.05) is 6.61 Å². The zero-order valence-electron chi connectivity index (χ0n) is 12.3. The Labute approximate surface area is 125 Å². The van der Waals surface area contributed by atoms with Gasteiger partial charge in [-0.25, -0.2) is 0 Å². The first kappa shape index (κ1) is 12.9. The average molecular weight is 279 g/mol. The van der Waals surface area contributed by atoms with E-state index in [0.29, 0.717) is 0 Å². The fraction of sp³-hybridized carbons (Fsp3) is 0.368. The largest absolute Gasteiger partial charge is 0.493 e. The fourth-order valence-corrected chi connectivity index (χ4v) is 3.55. The van der Waals surface area contributed by atoms with Crippen LogP contribution in [-0.2, 0) is 19.3 Å². The molecule has 0 saturated heterocycles. The molecule has 2 nitrogen and oxygen atoms in total. The van der Waals surface area contributed by atoms with Crippen molar-refractivity contribution in [3.8, 4) is 5.75 Å². The van der Waals surface area contributed by atoms with Crippen LogP contribution in [0.4, 0.5) is 0 Å². The Hall–Kier alpha value is -1.80. The van der Waals surface area contributed by atoms with Crippen LogP contribution in [0, 0.1) is 0 Å². The minimum absolute atomic E-state index is 0.0388. The molecule has 4 rings (SSSR count). The Morgan fingerprint density at radius 3 is 2.43 bits per heavy atom. The zero-order chi connectivity index (χ0) is 14.2. The number of nitrogens with two attached hydrogens (primary N) is 1. The van der Waals surface area contributed by atoms with Crippen LogP contribution in [0.1, 0.15) is 46.7 Å². The Morgan fingerprint density at radius 1 is 0.810 bits per heavy atom. The SMILES string of the molecule is NC(c1ccc2c(c1)CCC2)c1ccc2c(c1)CCCO2. The van der Waals surface area contributed by atoms with E-state index in [1.54, 1.807) is 0 Å². The third kappa shape index (κ3) is 2.34. The van der Waals surface area contributed by atoms with E-state index in [1.807, 2.05) is 0 Å². The van der Waals surface area contributed by atoms with Crippen molar-refractivity contribution < 1.29 is 4.74 Å². The van der Waals surface area contributed by atoms with Gasteiger partial charge in [0, 0.05) is 0 Å². The van der Waals surface area contributed by atoms with E-state index in [2.05, 4.69) is 36.4 Å². The van der Waals surface area contributed by atoms with Gasteiger partial charge in [-0.05, 0) is 66.0 Å². The predicted octanol–water partition coefficient (Wildman–Crippen LogP) is 3.55. The van der Waals surface area contributed by atoms with Gasteiger partial charge < -0.3 is 10.5 Å². The second-order valence-electron chi connectivity index (χ2n) is 6.18. The molecule has 0 amide bonds. The Kier molecular flexibility index (Phi) is 3.19. The second-order valence-corrected chi connectivity index (χ2v) is 6.18. The summed E-state index contributed by atoms with van der Waals surface area (Å²) in [5, 5.41) is 0. The van der Waals surface area contributed by atoms with Crippen LogP contribution >= 0.6 is 0 Å². The lowest BCUT2D eigenvalue weighted by atomic mass is 9.94. The lowest BCUT2D eigenvalue weighted by Gasteiger charge is -2.20. The number of benzene rings is 2. The quantitative estimate of drug-likeness (QED) is 0.912. The highest BCUT2D eigenvalue weighted by molar-refractivity contribution is 5.44. The smallest absolute Gasteiger partial charge is 0.122 e. The van der Waals surface area contributed by atoms with Crippen LogP contribution in [0.15, 0.2) is 36.4 Å². The maximum atomic E-state index is 6.50. The first-order valence-electron chi connectivity index (χ1n) is 7.94. The summed E-state index contributed by atoms with van der Waals surface area (Å²) in [7, 11) is 0. The van der Waals surface area contributed by atoms with Gasteiger partial charge in [0.25, 0.3) is 0 Å². The minimum Gasteiger partial charge on any atom is -0.493 e. The molecule has 0 fully saturated rings. The summed E-state index contributed by atoms with van der Waals surface area (Å²) in [6, 6.07) is 13.2. The van der Waals surface area contributed by atoms with Gasteiger partial charge in [-0.1, -0.05) is 30.3 Å². The maximum absolute atomic E-state index is 6.50. The predicted molar refractivity (Wildman–Crippen MR) is 84.8 cm³/mol. The molecule has 0 saturated carbocycles. The molecular formula is C19H21NO. The monoisotopic (exact) mass is 279 g/mol. The molecule has 2 aromatic carbocycles. The molecule has 2 N–H and O–H groups in total. The molecule has 1 atom stereocenters. The summed E-state index contributed by atoms with van der Waals surface area (Å²) in [5.74, 6) is 1.03. The summed E-state index contributed by atoms with van der Waals surface area (Å²) in [6.07, 6.45) is 5.91. The molecule has 2 aliphatic rings. The first-order chi connectivity index (χ1) is 10.3. The van der Waals surface area contributed by atoms with Gasteiger partial charge in [0.05, 0.1) is 12.6 Å². The van der Waals surface area contributed by atoms with Crippen molar-refractivity contribution in [1.82, 2.24) is 0 Å². The third-order valence-electron chi connectivity index (χ3n) is 4.77. The molecule has 1 unspecified atom stereocenters. The number of hydrogen-bond donors (Lipinski definition) is 1. The first-order valence-corrected chi connectivity index (χ1v) is 7.94. The van der Waals surface area contributed by atoms with Gasteiger partial charge in [0.15, 0.2) is 0 Å². The Bertz CT molecular complexity index is 677. The Morgan fingerprint density at radius 2 is 1.52 bits per heavy atom. The minimum atomic E-state index is -0.0388. The van der Waals surface area contributed by atoms with Crippen molar-refractivity contribution in [2.45, 2.75) is 38.1 Å². The molecule has 0 aromatic heterocycles. The fourth-order valence-electron chi connectivity index (χ4n) is 3.55. The number of hydrogen-bond acceptors (Lipinski definition) is 2. The topological polar surface area (TPSA) is 35.2 Å². The van der Waals surface area contributed by atoms with Crippen molar-refractivity contribution in [1.29, 1.82) is 0 Å². The highest BCUT2D eigenvalue weighted by atomic mass is 16.5. The molecule has 0 radical (unpaired) electrons. The number of rotatable bonds is 2. The molecule has 21 heavy (non-hydrogen) atoms. The van der Waals surface area contributed by atoms with Gasteiger partial charge in [-0.15, -0.1) is 0 Å². The van der Waals surface area contributed by atoms with Gasteiger partial charge in [0.1, 0.15) is 5.75 Å². The lowest BCUT2D eigenvalue weighted by molar-refractivity contribution is 0.288. The van der Waals surface area contributed by atoms with Crippen molar-refractivity contribution in [3.05, 3.63) is 64.2 Å². The van der Waals surface area contributed by atoms with Crippen molar-refractivity contribution in [2.24, 2.45) is 5.73 Å². The molecule has 1 aliphatic carbocycles. The van der Waals surface area contributed by atoms with E-state index in [9.17, 15) is 0 Å². The zero-order valence-corrected chi connectivity index (χ0v) is 12.3. The van der Waals surface area contributed by atoms with E-state index in [4.69, 9.17) is 10.5 Å². The molecule has 1 heterocycles. The van der Waals surface area contributed by atoms with Gasteiger partial charge in [-0.3, -0.25) is 0 Å². The molecule has 2 heteroatoms. The van der Waals surface area contributed by atoms with Gasteiger partial charge in [0.2, 0.25) is 0 Å². The molecular weight excluding hydrogens is 258 g/mol. The third-order valence-corrected chi connectivity index (χ3v) is 4.77. The highest BCUT2D eigenvalue weighted by Crippen LogP contribution is 2.31. The summed E-state index contributed by atoms with van der Waals surface area (Å²) in [4.78, 5) is 0. The van der Waals surface area contributed by atoms with Gasteiger partial charge >= 0.3 is 0 Å². The van der Waals surface area contributed by atoms with Crippen molar-refractivity contribution >= 4 is 0 Å². The van der Waals surface area contributed by atoms with Crippen LogP contribution < -0.4 is 10.5 Å². The van der Waals surface area contributed by atoms with Crippen LogP contribution in [0.2, 0.25) is 0 Å². The van der Waals surface area contributed by atoms with E-state index in [0.717, 1.165) is 25.2 Å². The van der Waals surface area contributed by atoms with E-state index < -0.39 is 0 Å². The van der Waals surface area contributed by atoms with Crippen LogP contribution in [0.25, 0.3) is 0 Å². The molecule has 0 spiro atoms. The number of aryl methyl sites for hydroxylation is 3. The summed E-state index contributed by atoms with van der Waals surface area (Å²) >= 11 is 0. The van der Waals surface area contributed by atoms with Crippen molar-refractivity contribution in [3.63, 3.8) is 0 Å². The number of ether oxygens (including phenoxy) is 1. The summed E-state index contributed by atoms with van der Waals surface area (Å²) in [6.45, 7) is 0.837. The summed E-state index contributed by atoms with van der Waals surface area (Å²) in [5.41, 5.74) is 13.2. The van der Waals surface area contributed by atoms with E-state index in [1.165, 1.54) is 47.1 Å². The van der Waals surface area contributed by atoms with Gasteiger partial charge in [-0.2, -0.15) is 0 Å². The second kappa shape index (κ2) is 5.19. The highest BCUT2D eigenvalue weighted by Gasteiger charge is 2.17. The van der Waals surface area contributed by atoms with E-state index >= 15 is 0 Å². The van der Waals surface area contributed by atoms with E-state index in [-0.39, 0.29) is 6.04 Å². The molecule has 2 aromatic rings. The normalized spacial score (nSPS) is 17.8. The molecule has 1 aliphatic heterocycles. The van der Waals surface area contributed by atoms with Crippen LogP contribution in [-0.4, -0.2) is 6.61 Å². The lowest BCUT2D eigenvalue weighted by Crippen LogP contribution is -2.14. The summed E-state index contributed by atoms with van der Waals surface area (Å²) < 4.78 is 5.68. The van der Waals surface area contributed by atoms with Crippen LogP contribution in [0.5, 0.6) is 5.75 Å². The maximum Gasteiger partial charge on any atom is 0.122 e.